The summed E-state index contributed by atoms with van der Waals surface area (Å²) in [5.74, 6) is 0.808. The third-order valence-corrected chi connectivity index (χ3v) is 2.08. The first-order valence-electron chi connectivity index (χ1n) is 4.40. The monoisotopic (exact) mass is 180 g/mol. The molecule has 1 aliphatic carbocycles. The Morgan fingerprint density at radius 1 is 1.77 bits per heavy atom. The molecule has 1 heterocycles. The van der Waals surface area contributed by atoms with Gasteiger partial charge in [-0.2, -0.15) is 0 Å². The lowest BCUT2D eigenvalue weighted by Crippen LogP contribution is -2.21. The van der Waals surface area contributed by atoms with Crippen molar-refractivity contribution >= 4 is 5.91 Å². The number of hydrogen-bond acceptors (Lipinski definition) is 3. The van der Waals surface area contributed by atoms with Gasteiger partial charge in [-0.15, -0.1) is 10.2 Å². The first kappa shape index (κ1) is 8.22. The highest BCUT2D eigenvalue weighted by Crippen LogP contribution is 2.35. The maximum absolute atomic E-state index is 10.7. The van der Waals surface area contributed by atoms with Gasteiger partial charge >= 0.3 is 0 Å². The Labute approximate surface area is 76.2 Å². The van der Waals surface area contributed by atoms with Crippen molar-refractivity contribution in [3.8, 4) is 0 Å². The zero-order chi connectivity index (χ0) is 9.26. The molecule has 0 aliphatic heterocycles. The largest absolute Gasteiger partial charge is 0.349 e. The molecule has 1 saturated carbocycles. The zero-order valence-corrected chi connectivity index (χ0v) is 7.53. The van der Waals surface area contributed by atoms with E-state index in [1.165, 1.54) is 19.8 Å². The lowest BCUT2D eigenvalue weighted by molar-refractivity contribution is -0.119. The summed E-state index contributed by atoms with van der Waals surface area (Å²) >= 11 is 0. The lowest BCUT2D eigenvalue weighted by Gasteiger charge is -2.03. The molecule has 5 heteroatoms. The first-order chi connectivity index (χ1) is 6.27. The number of hydrogen-bond donors (Lipinski definition) is 1. The Morgan fingerprint density at radius 3 is 3.15 bits per heavy atom. The molecule has 1 aromatic rings. The van der Waals surface area contributed by atoms with Gasteiger partial charge in [0.05, 0.1) is 6.54 Å². The van der Waals surface area contributed by atoms with E-state index in [0.717, 1.165) is 5.82 Å². The summed E-state index contributed by atoms with van der Waals surface area (Å²) in [6.45, 7) is 1.98. The van der Waals surface area contributed by atoms with E-state index >= 15 is 0 Å². The summed E-state index contributed by atoms with van der Waals surface area (Å²) in [7, 11) is 0. The van der Waals surface area contributed by atoms with E-state index in [1.807, 2.05) is 4.57 Å². The molecule has 0 unspecified atom stereocenters. The van der Waals surface area contributed by atoms with E-state index in [1.54, 1.807) is 6.33 Å². The lowest BCUT2D eigenvalue weighted by atomic mass is 10.5. The fourth-order valence-corrected chi connectivity index (χ4v) is 1.25. The molecule has 5 nitrogen and oxygen atoms in total. The standard InChI is InChI=1S/C8H12N4O/c1-6(13)9-4-8-11-10-5-12(8)7-2-3-7/h5,7H,2-4H2,1H3,(H,9,13). The summed E-state index contributed by atoms with van der Waals surface area (Å²) < 4.78 is 2.04. The maximum atomic E-state index is 10.7. The molecule has 1 aromatic heterocycles. The van der Waals surface area contributed by atoms with Gasteiger partial charge in [0.2, 0.25) is 5.91 Å². The highest BCUT2D eigenvalue weighted by atomic mass is 16.1. The van der Waals surface area contributed by atoms with Crippen molar-refractivity contribution < 1.29 is 4.79 Å². The fraction of sp³-hybridized carbons (Fsp3) is 0.625. The van der Waals surface area contributed by atoms with E-state index < -0.39 is 0 Å². The summed E-state index contributed by atoms with van der Waals surface area (Å²) in [4.78, 5) is 10.7. The predicted molar refractivity (Wildman–Crippen MR) is 45.8 cm³/mol. The van der Waals surface area contributed by atoms with Crippen molar-refractivity contribution in [2.45, 2.75) is 32.4 Å². The van der Waals surface area contributed by atoms with Crippen molar-refractivity contribution in [1.82, 2.24) is 20.1 Å². The average Bonchev–Trinajstić information content (AvgIpc) is 2.82. The van der Waals surface area contributed by atoms with Gasteiger partial charge in [-0.05, 0) is 12.8 Å². The SMILES string of the molecule is CC(=O)NCc1nncn1C1CC1. The van der Waals surface area contributed by atoms with Gasteiger partial charge in [-0.25, -0.2) is 0 Å². The van der Waals surface area contributed by atoms with Crippen LogP contribution in [0.2, 0.25) is 0 Å². The molecule has 0 aromatic carbocycles. The zero-order valence-electron chi connectivity index (χ0n) is 7.53. The van der Waals surface area contributed by atoms with Crippen LogP contribution in [0.3, 0.4) is 0 Å². The van der Waals surface area contributed by atoms with Crippen molar-refractivity contribution in [1.29, 1.82) is 0 Å². The third-order valence-electron chi connectivity index (χ3n) is 2.08. The predicted octanol–water partition coefficient (Wildman–Crippen LogP) is 0.249. The second-order valence-electron chi connectivity index (χ2n) is 3.30. The van der Waals surface area contributed by atoms with Crippen LogP contribution < -0.4 is 5.32 Å². The van der Waals surface area contributed by atoms with Crippen LogP contribution in [-0.2, 0) is 11.3 Å². The molecule has 2 rings (SSSR count). The molecule has 0 atom stereocenters. The molecule has 1 N–H and O–H groups in total. The minimum absolute atomic E-state index is 0.0367. The van der Waals surface area contributed by atoms with Crippen LogP contribution in [0.5, 0.6) is 0 Å². The topological polar surface area (TPSA) is 59.8 Å². The number of amides is 1. The van der Waals surface area contributed by atoms with E-state index in [2.05, 4.69) is 15.5 Å². The van der Waals surface area contributed by atoms with Crippen molar-refractivity contribution in [3.63, 3.8) is 0 Å². The molecule has 1 amide bonds. The van der Waals surface area contributed by atoms with Gasteiger partial charge in [-0.3, -0.25) is 4.79 Å². The summed E-state index contributed by atoms with van der Waals surface area (Å²) in [6.07, 6.45) is 4.13. The quantitative estimate of drug-likeness (QED) is 0.725. The van der Waals surface area contributed by atoms with Gasteiger partial charge in [0.25, 0.3) is 0 Å². The summed E-state index contributed by atoms with van der Waals surface area (Å²) in [5, 5.41) is 10.5. The number of nitrogens with zero attached hydrogens (tertiary/aromatic N) is 3. The number of nitrogens with one attached hydrogen (secondary N) is 1. The highest BCUT2D eigenvalue weighted by molar-refractivity contribution is 5.72. The smallest absolute Gasteiger partial charge is 0.217 e. The minimum Gasteiger partial charge on any atom is -0.349 e. The number of carbonyl (C=O) groups is 1. The number of rotatable bonds is 3. The second kappa shape index (κ2) is 3.16. The Bertz CT molecular complexity index is 316. The van der Waals surface area contributed by atoms with Crippen LogP contribution in [-0.4, -0.2) is 20.7 Å². The van der Waals surface area contributed by atoms with E-state index in [0.29, 0.717) is 12.6 Å². The van der Waals surface area contributed by atoms with Crippen LogP contribution in [0.25, 0.3) is 0 Å². The van der Waals surface area contributed by atoms with Gasteiger partial charge in [-0.1, -0.05) is 0 Å². The maximum Gasteiger partial charge on any atom is 0.217 e. The Morgan fingerprint density at radius 2 is 2.54 bits per heavy atom. The fourth-order valence-electron chi connectivity index (χ4n) is 1.25. The van der Waals surface area contributed by atoms with Crippen LogP contribution in [0.4, 0.5) is 0 Å². The van der Waals surface area contributed by atoms with Crippen molar-refractivity contribution in [3.05, 3.63) is 12.2 Å². The normalized spacial score (nSPS) is 15.8. The molecule has 0 radical (unpaired) electrons. The molecule has 0 saturated heterocycles. The van der Waals surface area contributed by atoms with E-state index in [9.17, 15) is 4.79 Å². The molecule has 70 valence electrons. The molecule has 1 fully saturated rings. The van der Waals surface area contributed by atoms with Crippen LogP contribution in [0.1, 0.15) is 31.6 Å². The van der Waals surface area contributed by atoms with Gasteiger partial charge < -0.3 is 9.88 Å². The molecule has 13 heavy (non-hydrogen) atoms. The third kappa shape index (κ3) is 1.85. The van der Waals surface area contributed by atoms with Crippen molar-refractivity contribution in [2.75, 3.05) is 0 Å². The number of aromatic nitrogens is 3. The molecule has 0 spiro atoms. The van der Waals surface area contributed by atoms with E-state index in [4.69, 9.17) is 0 Å². The first-order valence-corrected chi connectivity index (χ1v) is 4.40. The molecule has 0 bridgehead atoms. The molecular weight excluding hydrogens is 168 g/mol. The summed E-state index contributed by atoms with van der Waals surface area (Å²) in [5.41, 5.74) is 0. The van der Waals surface area contributed by atoms with Gasteiger partial charge in [0.15, 0.2) is 5.82 Å². The molecular formula is C8H12N4O. The Balaban J connectivity index is 2.02. The van der Waals surface area contributed by atoms with Crippen LogP contribution in [0, 0.1) is 0 Å². The Hall–Kier alpha value is -1.39. The van der Waals surface area contributed by atoms with Gasteiger partial charge in [0, 0.05) is 13.0 Å². The van der Waals surface area contributed by atoms with Crippen LogP contribution in [0.15, 0.2) is 6.33 Å². The number of carbonyl (C=O) groups excluding carboxylic acids is 1. The molecule has 1 aliphatic rings. The second-order valence-corrected chi connectivity index (χ2v) is 3.30. The summed E-state index contributed by atoms with van der Waals surface area (Å²) in [6, 6.07) is 0.568. The average molecular weight is 180 g/mol. The Kier molecular flexibility index (Phi) is 2.00. The highest BCUT2D eigenvalue weighted by Gasteiger charge is 2.25. The van der Waals surface area contributed by atoms with Gasteiger partial charge in [0.1, 0.15) is 6.33 Å². The minimum atomic E-state index is -0.0367. The van der Waals surface area contributed by atoms with E-state index in [-0.39, 0.29) is 5.91 Å². The van der Waals surface area contributed by atoms with Crippen molar-refractivity contribution in [2.24, 2.45) is 0 Å². The van der Waals surface area contributed by atoms with Crippen LogP contribution >= 0.6 is 0 Å².